The second kappa shape index (κ2) is 6.20. The maximum atomic E-state index is 11.9. The Labute approximate surface area is 107 Å². The first-order valence-corrected chi connectivity index (χ1v) is 5.84. The van der Waals surface area contributed by atoms with Crippen LogP contribution in [0.4, 0.5) is 10.5 Å². The average Bonchev–Trinajstić information content (AvgIpc) is 2.28. The van der Waals surface area contributed by atoms with Gasteiger partial charge in [-0.05, 0) is 26.0 Å². The van der Waals surface area contributed by atoms with Gasteiger partial charge in [-0.1, -0.05) is 29.9 Å². The molecule has 0 aromatic heterocycles. The van der Waals surface area contributed by atoms with Crippen LogP contribution < -0.4 is 11.1 Å². The second-order valence-electron chi connectivity index (χ2n) is 3.78. The highest BCUT2D eigenvalue weighted by Gasteiger charge is 2.11. The molecule has 0 heterocycles. The number of hydrogen-bond acceptors (Lipinski definition) is 2. The van der Waals surface area contributed by atoms with Crippen LogP contribution in [0, 0.1) is 6.92 Å². The van der Waals surface area contributed by atoms with E-state index in [0.29, 0.717) is 18.1 Å². The van der Waals surface area contributed by atoms with Gasteiger partial charge in [0.25, 0.3) is 0 Å². The average molecular weight is 251 g/mol. The smallest absolute Gasteiger partial charge is 0.322 e. The summed E-state index contributed by atoms with van der Waals surface area (Å²) in [5, 5.41) is 2.80. The molecule has 17 heavy (non-hydrogen) atoms. The first-order chi connectivity index (χ1) is 8.02. The van der Waals surface area contributed by atoms with Gasteiger partial charge in [-0.25, -0.2) is 4.79 Å². The number of carbonyl (C=O) groups excluding carboxylic acids is 1. The number of anilines is 1. The van der Waals surface area contributed by atoms with Crippen molar-refractivity contribution in [3.63, 3.8) is 0 Å². The predicted molar refractivity (Wildman–Crippen MR) is 74.2 cm³/mol. The summed E-state index contributed by atoms with van der Waals surface area (Å²) in [6, 6.07) is 7.42. The molecular weight excluding hydrogens is 234 g/mol. The summed E-state index contributed by atoms with van der Waals surface area (Å²) in [6.07, 6.45) is 0. The molecule has 0 radical (unpaired) electrons. The molecule has 1 aromatic rings. The van der Waals surface area contributed by atoms with Crippen molar-refractivity contribution in [2.24, 2.45) is 5.73 Å². The van der Waals surface area contributed by atoms with Crippen LogP contribution in [0.3, 0.4) is 0 Å². The van der Waals surface area contributed by atoms with Crippen LogP contribution in [-0.4, -0.2) is 29.0 Å². The number of rotatable bonds is 4. The Bertz CT molecular complexity index is 403. The number of nitrogens with zero attached hydrogens (tertiary/aromatic N) is 1. The molecule has 1 rings (SSSR count). The fourth-order valence-electron chi connectivity index (χ4n) is 1.35. The summed E-state index contributed by atoms with van der Waals surface area (Å²) in [7, 11) is 0. The first kappa shape index (κ1) is 13.4. The van der Waals surface area contributed by atoms with Crippen LogP contribution in [0.2, 0.25) is 0 Å². The lowest BCUT2D eigenvalue weighted by Gasteiger charge is -2.20. The molecule has 0 saturated carbocycles. The van der Waals surface area contributed by atoms with Crippen LogP contribution >= 0.6 is 12.2 Å². The summed E-state index contributed by atoms with van der Waals surface area (Å²) < 4.78 is 0. The van der Waals surface area contributed by atoms with Crippen molar-refractivity contribution < 1.29 is 4.79 Å². The number of nitrogens with two attached hydrogens (primary N) is 1. The highest BCUT2D eigenvalue weighted by Crippen LogP contribution is 2.09. The van der Waals surface area contributed by atoms with Crippen LogP contribution in [0.25, 0.3) is 0 Å². The first-order valence-electron chi connectivity index (χ1n) is 5.44. The van der Waals surface area contributed by atoms with Gasteiger partial charge in [-0.3, -0.25) is 0 Å². The lowest BCUT2D eigenvalue weighted by atomic mass is 10.2. The van der Waals surface area contributed by atoms with Crippen molar-refractivity contribution in [1.29, 1.82) is 0 Å². The molecule has 5 heteroatoms. The van der Waals surface area contributed by atoms with E-state index >= 15 is 0 Å². The van der Waals surface area contributed by atoms with Crippen molar-refractivity contribution in [3.8, 4) is 0 Å². The van der Waals surface area contributed by atoms with E-state index in [1.165, 1.54) is 0 Å². The Hall–Kier alpha value is -1.62. The minimum Gasteiger partial charge on any atom is -0.392 e. The third kappa shape index (κ3) is 4.40. The highest BCUT2D eigenvalue weighted by atomic mass is 32.1. The van der Waals surface area contributed by atoms with E-state index < -0.39 is 0 Å². The van der Waals surface area contributed by atoms with E-state index in [2.05, 4.69) is 5.32 Å². The SMILES string of the molecule is CCN(CC(N)=S)C(=O)Nc1ccc(C)cc1. The van der Waals surface area contributed by atoms with Gasteiger partial charge in [0, 0.05) is 12.2 Å². The van der Waals surface area contributed by atoms with E-state index in [1.54, 1.807) is 4.90 Å². The Morgan fingerprint density at radius 2 is 2.00 bits per heavy atom. The lowest BCUT2D eigenvalue weighted by Crippen LogP contribution is -2.40. The molecule has 0 aliphatic heterocycles. The number of benzene rings is 1. The zero-order valence-corrected chi connectivity index (χ0v) is 10.9. The second-order valence-corrected chi connectivity index (χ2v) is 4.30. The molecule has 0 bridgehead atoms. The molecule has 3 N–H and O–H groups in total. The maximum Gasteiger partial charge on any atom is 0.322 e. The molecule has 92 valence electrons. The zero-order valence-electron chi connectivity index (χ0n) is 10.1. The molecule has 0 saturated heterocycles. The fraction of sp³-hybridized carbons (Fsp3) is 0.333. The van der Waals surface area contributed by atoms with E-state index in [1.807, 2.05) is 38.1 Å². The molecule has 2 amide bonds. The molecular formula is C12H17N3OS. The third-order valence-corrected chi connectivity index (χ3v) is 2.45. The van der Waals surface area contributed by atoms with Gasteiger partial charge < -0.3 is 16.0 Å². The van der Waals surface area contributed by atoms with Crippen LogP contribution in [0.1, 0.15) is 12.5 Å². The number of amides is 2. The van der Waals surface area contributed by atoms with E-state index in [4.69, 9.17) is 18.0 Å². The molecule has 1 aromatic carbocycles. The molecule has 0 unspecified atom stereocenters. The third-order valence-electron chi connectivity index (χ3n) is 2.32. The van der Waals surface area contributed by atoms with Gasteiger partial charge in [-0.15, -0.1) is 0 Å². The molecule has 0 atom stereocenters. The quantitative estimate of drug-likeness (QED) is 0.806. The van der Waals surface area contributed by atoms with Crippen LogP contribution in [0.15, 0.2) is 24.3 Å². The largest absolute Gasteiger partial charge is 0.392 e. The normalized spacial score (nSPS) is 9.76. The minimum absolute atomic E-state index is 0.191. The summed E-state index contributed by atoms with van der Waals surface area (Å²) in [6.45, 7) is 4.74. The van der Waals surface area contributed by atoms with Crippen LogP contribution in [-0.2, 0) is 0 Å². The van der Waals surface area contributed by atoms with Gasteiger partial charge in [0.05, 0.1) is 11.5 Å². The highest BCUT2D eigenvalue weighted by molar-refractivity contribution is 7.80. The van der Waals surface area contributed by atoms with E-state index in [9.17, 15) is 4.79 Å². The molecule has 0 aliphatic carbocycles. The standard InChI is InChI=1S/C12H17N3OS/c1-3-15(8-11(13)17)12(16)14-10-6-4-9(2)5-7-10/h4-7H,3,8H2,1-2H3,(H2,13,17)(H,14,16). The van der Waals surface area contributed by atoms with Crippen molar-refractivity contribution in [2.45, 2.75) is 13.8 Å². The van der Waals surface area contributed by atoms with Gasteiger partial charge >= 0.3 is 6.03 Å². The van der Waals surface area contributed by atoms with Crippen molar-refractivity contribution in [1.82, 2.24) is 4.90 Å². The summed E-state index contributed by atoms with van der Waals surface area (Å²) in [5.41, 5.74) is 7.35. The van der Waals surface area contributed by atoms with Gasteiger partial charge in [0.1, 0.15) is 0 Å². The number of thiocarbonyl (C=S) groups is 1. The van der Waals surface area contributed by atoms with Crippen molar-refractivity contribution in [3.05, 3.63) is 29.8 Å². The summed E-state index contributed by atoms with van der Waals surface area (Å²) in [4.78, 5) is 13.7. The molecule has 4 nitrogen and oxygen atoms in total. The van der Waals surface area contributed by atoms with Gasteiger partial charge in [-0.2, -0.15) is 0 Å². The maximum absolute atomic E-state index is 11.9. The number of carbonyl (C=O) groups is 1. The van der Waals surface area contributed by atoms with Gasteiger partial charge in [0.2, 0.25) is 0 Å². The number of urea groups is 1. The topological polar surface area (TPSA) is 58.4 Å². The summed E-state index contributed by atoms with van der Waals surface area (Å²) >= 11 is 4.80. The number of likely N-dealkylation sites (N-methyl/N-ethyl adjacent to an activating group) is 1. The molecule has 0 spiro atoms. The number of aryl methyl sites for hydroxylation is 1. The van der Waals surface area contributed by atoms with E-state index in [0.717, 1.165) is 11.3 Å². The zero-order chi connectivity index (χ0) is 12.8. The van der Waals surface area contributed by atoms with Crippen LogP contribution in [0.5, 0.6) is 0 Å². The Balaban J connectivity index is 2.63. The monoisotopic (exact) mass is 251 g/mol. The fourth-order valence-corrected chi connectivity index (χ4v) is 1.51. The van der Waals surface area contributed by atoms with Crippen molar-refractivity contribution in [2.75, 3.05) is 18.4 Å². The number of hydrogen-bond donors (Lipinski definition) is 2. The Morgan fingerprint density at radius 1 is 1.41 bits per heavy atom. The Morgan fingerprint density at radius 3 is 2.47 bits per heavy atom. The van der Waals surface area contributed by atoms with Gasteiger partial charge in [0.15, 0.2) is 0 Å². The molecule has 0 fully saturated rings. The minimum atomic E-state index is -0.191. The predicted octanol–water partition coefficient (Wildman–Crippen LogP) is 2.13. The van der Waals surface area contributed by atoms with E-state index in [-0.39, 0.29) is 6.03 Å². The summed E-state index contributed by atoms with van der Waals surface area (Å²) in [5.74, 6) is 0. The lowest BCUT2D eigenvalue weighted by molar-refractivity contribution is 0.221. The molecule has 0 aliphatic rings. The van der Waals surface area contributed by atoms with Crippen molar-refractivity contribution >= 4 is 28.9 Å². The number of nitrogens with one attached hydrogen (secondary N) is 1. The Kier molecular flexibility index (Phi) is 4.90.